The molecule has 1 aliphatic rings. The predicted molar refractivity (Wildman–Crippen MR) is 59.5 cm³/mol. The Morgan fingerprint density at radius 3 is 2.50 bits per heavy atom. The highest BCUT2D eigenvalue weighted by Gasteiger charge is 2.09. The van der Waals surface area contributed by atoms with Crippen molar-refractivity contribution < 1.29 is 5.32 Å². The lowest BCUT2D eigenvalue weighted by Gasteiger charge is -2.17. The van der Waals surface area contributed by atoms with Gasteiger partial charge in [-0.15, -0.1) is 0 Å². The Bertz CT molecular complexity index is 272. The summed E-state index contributed by atoms with van der Waals surface area (Å²) in [7, 11) is 8.31. The van der Waals surface area contributed by atoms with Gasteiger partial charge in [-0.1, -0.05) is 0 Å². The lowest BCUT2D eigenvalue weighted by atomic mass is 10.2. The summed E-state index contributed by atoms with van der Waals surface area (Å²) < 4.78 is 0. The molecule has 1 aliphatic heterocycles. The van der Waals surface area contributed by atoms with E-state index in [4.69, 9.17) is 0 Å². The Kier molecular flexibility index (Phi) is 3.92. The van der Waals surface area contributed by atoms with Crippen molar-refractivity contribution in [2.24, 2.45) is 0 Å². The van der Waals surface area contributed by atoms with Crippen LogP contribution in [-0.4, -0.2) is 44.5 Å². The molecule has 1 rings (SSSR count). The second-order valence-electron chi connectivity index (χ2n) is 3.92. The summed E-state index contributed by atoms with van der Waals surface area (Å²) in [4.78, 5) is 4.31. The van der Waals surface area contributed by atoms with E-state index in [2.05, 4.69) is 67.9 Å². The van der Waals surface area contributed by atoms with E-state index in [0.29, 0.717) is 0 Å². The zero-order valence-electron chi connectivity index (χ0n) is 9.49. The predicted octanol–water partition coefficient (Wildman–Crippen LogP) is -0.0319. The molecule has 0 aromatic rings. The smallest absolute Gasteiger partial charge is 0.107 e. The summed E-state index contributed by atoms with van der Waals surface area (Å²) >= 11 is 0. The molecule has 0 saturated carbocycles. The van der Waals surface area contributed by atoms with Gasteiger partial charge in [0, 0.05) is 32.4 Å². The number of allylic oxidation sites excluding steroid dienone is 1. The van der Waals surface area contributed by atoms with E-state index in [1.165, 1.54) is 11.3 Å². The first-order valence-electron chi connectivity index (χ1n) is 4.85. The molecule has 0 atom stereocenters. The van der Waals surface area contributed by atoms with Gasteiger partial charge in [-0.05, 0) is 20.2 Å². The van der Waals surface area contributed by atoms with Gasteiger partial charge in [0.05, 0.1) is 11.8 Å². The van der Waals surface area contributed by atoms with E-state index in [1.807, 2.05) is 0 Å². The van der Waals surface area contributed by atoms with Crippen molar-refractivity contribution in [2.75, 3.05) is 34.7 Å². The van der Waals surface area contributed by atoms with E-state index in [0.717, 1.165) is 6.54 Å². The lowest BCUT2D eigenvalue weighted by molar-refractivity contribution is -0.510. The van der Waals surface area contributed by atoms with Crippen LogP contribution in [0.3, 0.4) is 0 Å². The molecule has 0 unspecified atom stereocenters. The molecule has 0 fully saturated rings. The maximum atomic E-state index is 2.25. The molecule has 0 amide bonds. The van der Waals surface area contributed by atoms with Gasteiger partial charge in [-0.25, -0.2) is 0 Å². The first-order chi connectivity index (χ1) is 6.61. The summed E-state index contributed by atoms with van der Waals surface area (Å²) in [5.74, 6) is 0. The number of nitrogens with zero attached hydrogens (tertiary/aromatic N) is 2. The van der Waals surface area contributed by atoms with Crippen molar-refractivity contribution in [1.82, 2.24) is 9.80 Å². The largest absolute Gasteiger partial charge is 0.377 e. The summed E-state index contributed by atoms with van der Waals surface area (Å²) in [5, 5.41) is 2.07. The topological polar surface area (TPSA) is 23.1 Å². The average molecular weight is 194 g/mol. The molecule has 3 nitrogen and oxygen atoms in total. The Hall–Kier alpha value is -1.06. The highest BCUT2D eigenvalue weighted by molar-refractivity contribution is 5.38. The first kappa shape index (κ1) is 11.0. The third-order valence-corrected chi connectivity index (χ3v) is 2.09. The van der Waals surface area contributed by atoms with Gasteiger partial charge >= 0.3 is 0 Å². The highest BCUT2D eigenvalue weighted by atomic mass is 15.1. The van der Waals surface area contributed by atoms with Crippen molar-refractivity contribution in [2.45, 2.75) is 0 Å². The van der Waals surface area contributed by atoms with Crippen molar-refractivity contribution in [3.63, 3.8) is 0 Å². The molecular weight excluding hydrogens is 174 g/mol. The van der Waals surface area contributed by atoms with Crippen LogP contribution in [0.5, 0.6) is 0 Å². The van der Waals surface area contributed by atoms with Crippen LogP contribution in [0.4, 0.5) is 0 Å². The van der Waals surface area contributed by atoms with Gasteiger partial charge in [-0.3, -0.25) is 5.32 Å². The van der Waals surface area contributed by atoms with E-state index in [9.17, 15) is 0 Å². The monoisotopic (exact) mass is 194 g/mol. The standard InChI is InChI=1S/C11H19N3/c1-13(2)8-6-11(14(3)4)10-5-7-12-9-10/h5-7,9,12H,8H2,1-4H3/p+1/b11-6-. The van der Waals surface area contributed by atoms with Gasteiger partial charge in [0.2, 0.25) is 0 Å². The molecule has 0 saturated heterocycles. The molecule has 0 aromatic heterocycles. The number of likely N-dealkylation sites (N-methyl/N-ethyl adjacent to an activating group) is 2. The van der Waals surface area contributed by atoms with Gasteiger partial charge in [0.15, 0.2) is 0 Å². The molecule has 0 bridgehead atoms. The fourth-order valence-electron chi connectivity index (χ4n) is 1.37. The third-order valence-electron chi connectivity index (χ3n) is 2.09. The zero-order chi connectivity index (χ0) is 10.6. The van der Waals surface area contributed by atoms with Gasteiger partial charge in [-0.2, -0.15) is 0 Å². The number of hydrogen-bond acceptors (Lipinski definition) is 2. The fourth-order valence-corrected chi connectivity index (χ4v) is 1.37. The van der Waals surface area contributed by atoms with Crippen molar-refractivity contribution in [3.8, 4) is 0 Å². The Balaban J connectivity index is 2.73. The normalized spacial score (nSPS) is 16.4. The molecular formula is C11H20N3+. The second kappa shape index (κ2) is 4.98. The SMILES string of the molecule is CN(C)C/C=C(/C1=C[NH2+]C=C1)N(C)C. The molecule has 14 heavy (non-hydrogen) atoms. The van der Waals surface area contributed by atoms with E-state index >= 15 is 0 Å². The molecule has 0 radical (unpaired) electrons. The van der Waals surface area contributed by atoms with Crippen LogP contribution in [-0.2, 0) is 0 Å². The van der Waals surface area contributed by atoms with Crippen molar-refractivity contribution in [1.29, 1.82) is 0 Å². The van der Waals surface area contributed by atoms with Crippen molar-refractivity contribution >= 4 is 0 Å². The summed E-state index contributed by atoms with van der Waals surface area (Å²) in [6, 6.07) is 0. The molecule has 2 N–H and O–H groups in total. The third kappa shape index (κ3) is 3.01. The molecule has 1 heterocycles. The molecule has 78 valence electrons. The second-order valence-corrected chi connectivity index (χ2v) is 3.92. The minimum atomic E-state index is 0.971. The minimum absolute atomic E-state index is 0.971. The van der Waals surface area contributed by atoms with Gasteiger partial charge in [0.25, 0.3) is 0 Å². The van der Waals surface area contributed by atoms with Crippen LogP contribution < -0.4 is 5.32 Å². The summed E-state index contributed by atoms with van der Waals surface area (Å²) in [6.07, 6.45) is 8.60. The van der Waals surface area contributed by atoms with Crippen LogP contribution in [0, 0.1) is 0 Å². The summed E-state index contributed by atoms with van der Waals surface area (Å²) in [5.41, 5.74) is 2.57. The fraction of sp³-hybridized carbons (Fsp3) is 0.455. The molecule has 0 spiro atoms. The maximum absolute atomic E-state index is 2.25. The zero-order valence-corrected chi connectivity index (χ0v) is 9.49. The van der Waals surface area contributed by atoms with E-state index in [-0.39, 0.29) is 0 Å². The number of quaternary nitrogens is 1. The average Bonchev–Trinajstić information content (AvgIpc) is 2.56. The maximum Gasteiger partial charge on any atom is 0.107 e. The van der Waals surface area contributed by atoms with Crippen LogP contribution in [0.2, 0.25) is 0 Å². The minimum Gasteiger partial charge on any atom is -0.377 e. The summed E-state index contributed by atoms with van der Waals surface area (Å²) in [6.45, 7) is 0.971. The number of nitrogens with two attached hydrogens (primary N) is 1. The van der Waals surface area contributed by atoms with Gasteiger partial charge in [0.1, 0.15) is 6.20 Å². The van der Waals surface area contributed by atoms with Gasteiger partial charge < -0.3 is 9.80 Å². The van der Waals surface area contributed by atoms with E-state index < -0.39 is 0 Å². The molecule has 0 aromatic carbocycles. The quantitative estimate of drug-likeness (QED) is 0.679. The molecule has 0 aliphatic carbocycles. The van der Waals surface area contributed by atoms with Crippen LogP contribution in [0.15, 0.2) is 35.8 Å². The Morgan fingerprint density at radius 1 is 1.36 bits per heavy atom. The molecule has 3 heteroatoms. The highest BCUT2D eigenvalue weighted by Crippen LogP contribution is 2.13. The lowest BCUT2D eigenvalue weighted by Crippen LogP contribution is -2.69. The number of rotatable bonds is 4. The van der Waals surface area contributed by atoms with Crippen LogP contribution in [0.25, 0.3) is 0 Å². The van der Waals surface area contributed by atoms with Crippen LogP contribution >= 0.6 is 0 Å². The number of hydrogen-bond donors (Lipinski definition) is 1. The van der Waals surface area contributed by atoms with Crippen LogP contribution in [0.1, 0.15) is 0 Å². The Morgan fingerprint density at radius 2 is 2.07 bits per heavy atom. The van der Waals surface area contributed by atoms with Crippen molar-refractivity contribution in [3.05, 3.63) is 35.8 Å². The van der Waals surface area contributed by atoms with E-state index in [1.54, 1.807) is 0 Å². The Labute approximate surface area is 86.4 Å². The first-order valence-corrected chi connectivity index (χ1v) is 4.85.